The highest BCUT2D eigenvalue weighted by molar-refractivity contribution is 14.1. The highest BCUT2D eigenvalue weighted by Crippen LogP contribution is 2.14. The van der Waals surface area contributed by atoms with Gasteiger partial charge in [0.1, 0.15) is 5.82 Å². The van der Waals surface area contributed by atoms with Gasteiger partial charge in [0.05, 0.1) is 0 Å². The van der Waals surface area contributed by atoms with Crippen LogP contribution in [-0.4, -0.2) is 11.8 Å². The van der Waals surface area contributed by atoms with Crippen molar-refractivity contribution in [3.05, 3.63) is 63.0 Å². The minimum atomic E-state index is -0.413. The highest BCUT2D eigenvalue weighted by Gasteiger charge is 2.09. The van der Waals surface area contributed by atoms with Crippen molar-refractivity contribution in [2.24, 2.45) is 0 Å². The topological polar surface area (TPSA) is 58.2 Å². The molecule has 24 heavy (non-hydrogen) atoms. The molecule has 2 rings (SSSR count). The maximum Gasteiger partial charge on any atom is 0.251 e. The summed E-state index contributed by atoms with van der Waals surface area (Å²) < 4.78 is 14.0. The number of rotatable bonds is 6. The first-order chi connectivity index (χ1) is 11.5. The molecule has 0 aliphatic heterocycles. The van der Waals surface area contributed by atoms with Crippen LogP contribution >= 0.6 is 22.6 Å². The Labute approximate surface area is 154 Å². The Morgan fingerprint density at radius 1 is 1.17 bits per heavy atom. The minimum absolute atomic E-state index is 0.0342. The second-order valence-electron chi connectivity index (χ2n) is 5.31. The number of halogens is 2. The third kappa shape index (κ3) is 5.30. The summed E-state index contributed by atoms with van der Waals surface area (Å²) in [5, 5.41) is 5.56. The van der Waals surface area contributed by atoms with Crippen molar-refractivity contribution in [3.63, 3.8) is 0 Å². The van der Waals surface area contributed by atoms with Gasteiger partial charge < -0.3 is 10.6 Å². The second kappa shape index (κ2) is 8.77. The van der Waals surface area contributed by atoms with E-state index in [4.69, 9.17) is 0 Å². The summed E-state index contributed by atoms with van der Waals surface area (Å²) in [5.74, 6) is -0.789. The second-order valence-corrected chi connectivity index (χ2v) is 6.47. The Hall–Kier alpha value is -1.96. The Morgan fingerprint density at radius 2 is 1.96 bits per heavy atom. The molecule has 0 aromatic heterocycles. The molecule has 2 aromatic carbocycles. The summed E-state index contributed by atoms with van der Waals surface area (Å²) in [6.07, 6.45) is 1.26. The number of nitrogens with one attached hydrogen (secondary N) is 2. The van der Waals surface area contributed by atoms with E-state index >= 15 is 0 Å². The number of hydrogen-bond donors (Lipinski definition) is 2. The Morgan fingerprint density at radius 3 is 2.67 bits per heavy atom. The zero-order valence-electron chi connectivity index (χ0n) is 13.2. The average Bonchev–Trinajstić information content (AvgIpc) is 2.55. The fraction of sp³-hybridized carbons (Fsp3) is 0.222. The molecule has 0 aliphatic carbocycles. The zero-order chi connectivity index (χ0) is 17.5. The van der Waals surface area contributed by atoms with Gasteiger partial charge in [0, 0.05) is 27.8 Å². The molecule has 0 unspecified atom stereocenters. The number of amides is 2. The molecule has 0 aliphatic rings. The normalized spacial score (nSPS) is 10.3. The Bertz CT molecular complexity index is 750. The summed E-state index contributed by atoms with van der Waals surface area (Å²) in [7, 11) is 0. The first kappa shape index (κ1) is 18.4. The number of hydrogen-bond acceptors (Lipinski definition) is 2. The molecule has 0 bridgehead atoms. The van der Waals surface area contributed by atoms with Crippen molar-refractivity contribution in [2.75, 3.05) is 5.32 Å². The van der Waals surface area contributed by atoms with Gasteiger partial charge >= 0.3 is 0 Å². The van der Waals surface area contributed by atoms with E-state index in [9.17, 15) is 14.0 Å². The van der Waals surface area contributed by atoms with E-state index in [1.807, 2.05) is 47.7 Å². The molecule has 0 saturated heterocycles. The van der Waals surface area contributed by atoms with E-state index in [0.29, 0.717) is 22.2 Å². The third-order valence-corrected chi connectivity index (χ3v) is 4.20. The fourth-order valence-corrected chi connectivity index (χ4v) is 2.47. The van der Waals surface area contributed by atoms with Crippen LogP contribution in [-0.2, 0) is 11.3 Å². The van der Waals surface area contributed by atoms with Gasteiger partial charge in [-0.05, 0) is 64.9 Å². The van der Waals surface area contributed by atoms with E-state index in [1.165, 1.54) is 6.07 Å². The summed E-state index contributed by atoms with van der Waals surface area (Å²) in [6.45, 7) is 2.24. The average molecular weight is 440 g/mol. The number of carbonyl (C=O) groups excluding carboxylic acids is 2. The van der Waals surface area contributed by atoms with Crippen LogP contribution in [0.3, 0.4) is 0 Å². The lowest BCUT2D eigenvalue weighted by atomic mass is 10.1. The maximum atomic E-state index is 13.5. The smallest absolute Gasteiger partial charge is 0.251 e. The number of carbonyl (C=O) groups is 2. The van der Waals surface area contributed by atoms with Gasteiger partial charge in [-0.1, -0.05) is 19.1 Å². The first-order valence-corrected chi connectivity index (χ1v) is 8.69. The van der Waals surface area contributed by atoms with Crippen LogP contribution < -0.4 is 10.6 Å². The van der Waals surface area contributed by atoms with Crippen LogP contribution in [0.5, 0.6) is 0 Å². The van der Waals surface area contributed by atoms with Crippen molar-refractivity contribution in [1.29, 1.82) is 0 Å². The molecular formula is C18H18FIN2O2. The van der Waals surface area contributed by atoms with Crippen molar-refractivity contribution in [1.82, 2.24) is 5.32 Å². The summed E-state index contributed by atoms with van der Waals surface area (Å²) in [4.78, 5) is 23.7. The molecule has 6 heteroatoms. The standard InChI is InChI=1S/C18H18FIN2O2/c1-2-4-17(23)22-14-6-3-5-12(9-14)11-21-18(24)13-7-8-16(20)15(19)10-13/h3,5-10H,2,4,11H2,1H3,(H,21,24)(H,22,23). The fourth-order valence-electron chi connectivity index (χ4n) is 2.13. The Balaban J connectivity index is 1.97. The van der Waals surface area contributed by atoms with Crippen LogP contribution in [0.25, 0.3) is 0 Å². The Kier molecular flexibility index (Phi) is 6.72. The lowest BCUT2D eigenvalue weighted by Crippen LogP contribution is -2.23. The molecule has 0 heterocycles. The van der Waals surface area contributed by atoms with Crippen molar-refractivity contribution in [3.8, 4) is 0 Å². The molecule has 2 aromatic rings. The molecule has 0 saturated carbocycles. The lowest BCUT2D eigenvalue weighted by molar-refractivity contribution is -0.116. The quantitative estimate of drug-likeness (QED) is 0.665. The largest absolute Gasteiger partial charge is 0.348 e. The van der Waals surface area contributed by atoms with Gasteiger partial charge in [0.25, 0.3) is 5.91 Å². The summed E-state index contributed by atoms with van der Waals surface area (Å²) >= 11 is 1.87. The van der Waals surface area contributed by atoms with Crippen LogP contribution in [0.1, 0.15) is 35.7 Å². The zero-order valence-corrected chi connectivity index (χ0v) is 15.4. The first-order valence-electron chi connectivity index (χ1n) is 7.61. The van der Waals surface area contributed by atoms with E-state index in [-0.39, 0.29) is 17.4 Å². The van der Waals surface area contributed by atoms with E-state index in [2.05, 4.69) is 10.6 Å². The van der Waals surface area contributed by atoms with Crippen molar-refractivity contribution >= 4 is 40.1 Å². The van der Waals surface area contributed by atoms with Crippen LogP contribution in [0, 0.1) is 9.39 Å². The SMILES string of the molecule is CCCC(=O)Nc1cccc(CNC(=O)c2ccc(I)c(F)c2)c1. The van der Waals surface area contributed by atoms with Gasteiger partial charge in [-0.3, -0.25) is 9.59 Å². The van der Waals surface area contributed by atoms with Gasteiger partial charge in [-0.15, -0.1) is 0 Å². The van der Waals surface area contributed by atoms with Crippen LogP contribution in [0.4, 0.5) is 10.1 Å². The molecule has 0 atom stereocenters. The van der Waals surface area contributed by atoms with E-state index in [0.717, 1.165) is 12.0 Å². The van der Waals surface area contributed by atoms with Gasteiger partial charge in [0.2, 0.25) is 5.91 Å². The molecule has 0 spiro atoms. The van der Waals surface area contributed by atoms with E-state index < -0.39 is 5.82 Å². The molecular weight excluding hydrogens is 422 g/mol. The molecule has 4 nitrogen and oxygen atoms in total. The summed E-state index contributed by atoms with van der Waals surface area (Å²) in [5.41, 5.74) is 1.82. The molecule has 126 valence electrons. The van der Waals surface area contributed by atoms with Crippen molar-refractivity contribution < 1.29 is 14.0 Å². The van der Waals surface area contributed by atoms with Gasteiger partial charge in [-0.25, -0.2) is 4.39 Å². The predicted molar refractivity (Wildman–Crippen MR) is 100 cm³/mol. The molecule has 0 radical (unpaired) electrons. The predicted octanol–water partition coefficient (Wildman–Crippen LogP) is 4.10. The van der Waals surface area contributed by atoms with E-state index in [1.54, 1.807) is 18.2 Å². The monoisotopic (exact) mass is 440 g/mol. The molecule has 0 fully saturated rings. The highest BCUT2D eigenvalue weighted by atomic mass is 127. The minimum Gasteiger partial charge on any atom is -0.348 e. The van der Waals surface area contributed by atoms with Crippen LogP contribution in [0.15, 0.2) is 42.5 Å². The van der Waals surface area contributed by atoms with Crippen LogP contribution in [0.2, 0.25) is 0 Å². The maximum absolute atomic E-state index is 13.5. The third-order valence-electron chi connectivity index (χ3n) is 3.32. The number of anilines is 1. The molecule has 2 N–H and O–H groups in total. The lowest BCUT2D eigenvalue weighted by Gasteiger charge is -2.09. The van der Waals surface area contributed by atoms with Gasteiger partial charge in [0.15, 0.2) is 0 Å². The van der Waals surface area contributed by atoms with Gasteiger partial charge in [-0.2, -0.15) is 0 Å². The number of benzene rings is 2. The summed E-state index contributed by atoms with van der Waals surface area (Å²) in [6, 6.07) is 11.6. The molecule has 2 amide bonds. The van der Waals surface area contributed by atoms with Crippen molar-refractivity contribution in [2.45, 2.75) is 26.3 Å².